The van der Waals surface area contributed by atoms with Crippen molar-refractivity contribution in [2.45, 2.75) is 6.92 Å². The van der Waals surface area contributed by atoms with Crippen LogP contribution in [0.15, 0.2) is 36.7 Å². The largest absolute Gasteiger partial charge is 0.320 e. The number of aromatic nitrogens is 2. The molecule has 4 nitrogen and oxygen atoms in total. The third-order valence-corrected chi connectivity index (χ3v) is 2.47. The first kappa shape index (κ1) is 11.5. The average Bonchev–Trinajstić information content (AvgIpc) is 2.33. The van der Waals surface area contributed by atoms with Crippen molar-refractivity contribution in [1.82, 2.24) is 9.97 Å². The Morgan fingerprint density at radius 1 is 1.29 bits per heavy atom. The first-order chi connectivity index (χ1) is 8.16. The van der Waals surface area contributed by atoms with E-state index >= 15 is 0 Å². The molecule has 0 radical (unpaired) electrons. The lowest BCUT2D eigenvalue weighted by atomic mass is 10.2. The maximum absolute atomic E-state index is 11.9. The summed E-state index contributed by atoms with van der Waals surface area (Å²) in [5.41, 5.74) is 1.91. The van der Waals surface area contributed by atoms with Crippen molar-refractivity contribution in [2.24, 2.45) is 0 Å². The van der Waals surface area contributed by atoms with Gasteiger partial charge in [0.1, 0.15) is 5.15 Å². The van der Waals surface area contributed by atoms with Crippen molar-refractivity contribution in [3.05, 3.63) is 53.1 Å². The fourth-order valence-electron chi connectivity index (χ4n) is 1.32. The van der Waals surface area contributed by atoms with E-state index in [2.05, 4.69) is 15.3 Å². The predicted molar refractivity (Wildman–Crippen MR) is 66.2 cm³/mol. The number of amides is 1. The Balaban J connectivity index is 2.17. The number of carbonyl (C=O) groups excluding carboxylic acids is 1. The molecule has 0 fully saturated rings. The zero-order chi connectivity index (χ0) is 12.3. The topological polar surface area (TPSA) is 54.9 Å². The summed E-state index contributed by atoms with van der Waals surface area (Å²) < 4.78 is 0. The molecule has 0 aliphatic carbocycles. The van der Waals surface area contributed by atoms with Crippen LogP contribution in [0, 0.1) is 6.92 Å². The van der Waals surface area contributed by atoms with E-state index in [1.54, 1.807) is 30.5 Å². The third kappa shape index (κ3) is 2.79. The van der Waals surface area contributed by atoms with E-state index in [1.807, 2.05) is 6.92 Å². The maximum atomic E-state index is 11.9. The van der Waals surface area contributed by atoms with Gasteiger partial charge in [0.2, 0.25) is 0 Å². The number of hydrogen-bond donors (Lipinski definition) is 1. The monoisotopic (exact) mass is 247 g/mol. The van der Waals surface area contributed by atoms with E-state index in [0.717, 1.165) is 5.69 Å². The van der Waals surface area contributed by atoms with Gasteiger partial charge in [0.25, 0.3) is 5.91 Å². The predicted octanol–water partition coefficient (Wildman–Crippen LogP) is 2.69. The zero-order valence-corrected chi connectivity index (χ0v) is 9.90. The Morgan fingerprint density at radius 3 is 2.76 bits per heavy atom. The van der Waals surface area contributed by atoms with Gasteiger partial charge in [-0.25, -0.2) is 4.98 Å². The Kier molecular flexibility index (Phi) is 3.35. The van der Waals surface area contributed by atoms with Gasteiger partial charge in [-0.3, -0.25) is 9.78 Å². The Labute approximate surface area is 104 Å². The first-order valence-corrected chi connectivity index (χ1v) is 5.39. The second-order valence-corrected chi connectivity index (χ2v) is 3.85. The standard InChI is InChI=1S/C12H10ClN3O/c1-8-10(3-2-6-14-8)16-12(17)9-4-5-11(13)15-7-9/h2-7H,1H3,(H,16,17). The van der Waals surface area contributed by atoms with Gasteiger partial charge < -0.3 is 5.32 Å². The third-order valence-electron chi connectivity index (χ3n) is 2.24. The highest BCUT2D eigenvalue weighted by Crippen LogP contribution is 2.12. The minimum absolute atomic E-state index is 0.231. The molecule has 0 atom stereocenters. The number of rotatable bonds is 2. The SMILES string of the molecule is Cc1ncccc1NC(=O)c1ccc(Cl)nc1. The summed E-state index contributed by atoms with van der Waals surface area (Å²) in [6.45, 7) is 1.83. The number of hydrogen-bond acceptors (Lipinski definition) is 3. The minimum atomic E-state index is -0.231. The van der Waals surface area contributed by atoms with E-state index in [-0.39, 0.29) is 5.91 Å². The fourth-order valence-corrected chi connectivity index (χ4v) is 1.43. The molecule has 1 amide bonds. The van der Waals surface area contributed by atoms with E-state index < -0.39 is 0 Å². The van der Waals surface area contributed by atoms with Crippen LogP contribution in [0.4, 0.5) is 5.69 Å². The lowest BCUT2D eigenvalue weighted by Gasteiger charge is -2.06. The molecule has 2 heterocycles. The van der Waals surface area contributed by atoms with Crippen molar-refractivity contribution in [3.63, 3.8) is 0 Å². The Morgan fingerprint density at radius 2 is 2.12 bits per heavy atom. The van der Waals surface area contributed by atoms with Crippen LogP contribution in [0.2, 0.25) is 5.15 Å². The number of halogens is 1. The van der Waals surface area contributed by atoms with Crippen molar-refractivity contribution in [3.8, 4) is 0 Å². The van der Waals surface area contributed by atoms with Crippen molar-refractivity contribution in [1.29, 1.82) is 0 Å². The van der Waals surface area contributed by atoms with Crippen molar-refractivity contribution < 1.29 is 4.79 Å². The zero-order valence-electron chi connectivity index (χ0n) is 9.14. The molecule has 86 valence electrons. The van der Waals surface area contributed by atoms with Crippen LogP contribution in [0.3, 0.4) is 0 Å². The number of nitrogens with zero attached hydrogens (tertiary/aromatic N) is 2. The van der Waals surface area contributed by atoms with Gasteiger partial charge in [0.05, 0.1) is 16.9 Å². The lowest BCUT2D eigenvalue weighted by molar-refractivity contribution is 0.102. The molecular formula is C12H10ClN3O. The first-order valence-electron chi connectivity index (χ1n) is 5.01. The van der Waals surface area contributed by atoms with Gasteiger partial charge in [-0.15, -0.1) is 0 Å². The van der Waals surface area contributed by atoms with Gasteiger partial charge in [-0.2, -0.15) is 0 Å². The van der Waals surface area contributed by atoms with Crippen molar-refractivity contribution >= 4 is 23.2 Å². The van der Waals surface area contributed by atoms with Gasteiger partial charge in [-0.05, 0) is 31.2 Å². The molecule has 0 spiro atoms. The van der Waals surface area contributed by atoms with E-state index in [9.17, 15) is 4.79 Å². The van der Waals surface area contributed by atoms with Crippen LogP contribution >= 0.6 is 11.6 Å². The van der Waals surface area contributed by atoms with E-state index in [0.29, 0.717) is 16.4 Å². The highest BCUT2D eigenvalue weighted by molar-refractivity contribution is 6.29. The minimum Gasteiger partial charge on any atom is -0.320 e. The van der Waals surface area contributed by atoms with Crippen LogP contribution < -0.4 is 5.32 Å². The highest BCUT2D eigenvalue weighted by Gasteiger charge is 2.07. The second-order valence-electron chi connectivity index (χ2n) is 3.46. The molecular weight excluding hydrogens is 238 g/mol. The van der Waals surface area contributed by atoms with Gasteiger partial charge in [0, 0.05) is 12.4 Å². The molecule has 0 aromatic carbocycles. The molecule has 1 N–H and O–H groups in total. The quantitative estimate of drug-likeness (QED) is 0.830. The summed E-state index contributed by atoms with van der Waals surface area (Å²) in [6, 6.07) is 6.76. The molecule has 0 saturated heterocycles. The molecule has 0 bridgehead atoms. The summed E-state index contributed by atoms with van der Waals surface area (Å²) in [5, 5.41) is 3.12. The van der Waals surface area contributed by atoms with Crippen LogP contribution in [0.1, 0.15) is 16.1 Å². The molecule has 2 aromatic heterocycles. The number of anilines is 1. The number of aryl methyl sites for hydroxylation is 1. The summed E-state index contributed by atoms with van der Waals surface area (Å²) in [4.78, 5) is 19.8. The summed E-state index contributed by atoms with van der Waals surface area (Å²) in [7, 11) is 0. The van der Waals surface area contributed by atoms with Crippen LogP contribution in [0.5, 0.6) is 0 Å². The number of nitrogens with one attached hydrogen (secondary N) is 1. The smallest absolute Gasteiger partial charge is 0.257 e. The van der Waals surface area contributed by atoms with Gasteiger partial charge in [-0.1, -0.05) is 11.6 Å². The molecule has 0 aliphatic rings. The Bertz CT molecular complexity index is 540. The summed E-state index contributed by atoms with van der Waals surface area (Å²) >= 11 is 5.65. The number of carbonyl (C=O) groups is 1. The molecule has 17 heavy (non-hydrogen) atoms. The molecule has 2 rings (SSSR count). The fraction of sp³-hybridized carbons (Fsp3) is 0.0833. The van der Waals surface area contributed by atoms with Gasteiger partial charge >= 0.3 is 0 Å². The average molecular weight is 248 g/mol. The molecule has 5 heteroatoms. The van der Waals surface area contributed by atoms with Crippen LogP contribution in [-0.4, -0.2) is 15.9 Å². The lowest BCUT2D eigenvalue weighted by Crippen LogP contribution is -2.13. The molecule has 0 saturated carbocycles. The summed E-state index contributed by atoms with van der Waals surface area (Å²) in [6.07, 6.45) is 3.11. The van der Waals surface area contributed by atoms with E-state index in [4.69, 9.17) is 11.6 Å². The highest BCUT2D eigenvalue weighted by atomic mass is 35.5. The molecule has 2 aromatic rings. The molecule has 0 unspecified atom stereocenters. The van der Waals surface area contributed by atoms with Crippen LogP contribution in [-0.2, 0) is 0 Å². The second kappa shape index (κ2) is 4.93. The van der Waals surface area contributed by atoms with Gasteiger partial charge in [0.15, 0.2) is 0 Å². The van der Waals surface area contributed by atoms with Crippen molar-refractivity contribution in [2.75, 3.05) is 5.32 Å². The number of pyridine rings is 2. The Hall–Kier alpha value is -1.94. The molecule has 0 aliphatic heterocycles. The van der Waals surface area contributed by atoms with E-state index in [1.165, 1.54) is 6.20 Å². The normalized spacial score (nSPS) is 10.0. The summed E-state index contributed by atoms with van der Waals surface area (Å²) in [5.74, 6) is -0.231. The van der Waals surface area contributed by atoms with Crippen LogP contribution in [0.25, 0.3) is 0 Å². The maximum Gasteiger partial charge on any atom is 0.257 e.